The molecule has 0 aliphatic heterocycles. The van der Waals surface area contributed by atoms with Crippen LogP contribution in [0.2, 0.25) is 0 Å². The quantitative estimate of drug-likeness (QED) is 0.650. The van der Waals surface area contributed by atoms with Gasteiger partial charge in [0.15, 0.2) is 5.82 Å². The molecule has 0 fully saturated rings. The molecule has 0 bridgehead atoms. The summed E-state index contributed by atoms with van der Waals surface area (Å²) >= 11 is 0. The number of rotatable bonds is 5. The second kappa shape index (κ2) is 5.59. The van der Waals surface area contributed by atoms with Gasteiger partial charge in [0.05, 0.1) is 5.56 Å². The Morgan fingerprint density at radius 1 is 1.44 bits per heavy atom. The molecule has 0 atom stereocenters. The monoisotopic (exact) mass is 251 g/mol. The molecule has 0 aliphatic rings. The van der Waals surface area contributed by atoms with Crippen LogP contribution in [0.25, 0.3) is 11.5 Å². The van der Waals surface area contributed by atoms with Gasteiger partial charge in [0.2, 0.25) is 0 Å². The van der Waals surface area contributed by atoms with Crippen molar-refractivity contribution in [1.29, 1.82) is 0 Å². The molecule has 0 amide bonds. The second-order valence-electron chi connectivity index (χ2n) is 3.85. The van der Waals surface area contributed by atoms with Gasteiger partial charge in [0.1, 0.15) is 5.82 Å². The fraction of sp³-hybridized carbons (Fsp3) is 0.333. The third-order valence-electron chi connectivity index (χ3n) is 2.44. The van der Waals surface area contributed by atoms with E-state index in [1.54, 1.807) is 7.11 Å². The van der Waals surface area contributed by atoms with E-state index >= 15 is 0 Å². The molecule has 0 unspecified atom stereocenters. The van der Waals surface area contributed by atoms with Crippen LogP contribution in [0.4, 0.5) is 10.1 Å². The molecule has 2 N–H and O–H groups in total. The SMILES string of the molecule is COCCCc1noc(-c2cc(N)ccc2F)n1. The van der Waals surface area contributed by atoms with Gasteiger partial charge in [-0.05, 0) is 24.6 Å². The maximum atomic E-state index is 13.6. The molecule has 96 valence electrons. The largest absolute Gasteiger partial charge is 0.399 e. The number of halogens is 1. The van der Waals surface area contributed by atoms with E-state index in [9.17, 15) is 4.39 Å². The summed E-state index contributed by atoms with van der Waals surface area (Å²) in [4.78, 5) is 4.13. The Morgan fingerprint density at radius 2 is 2.28 bits per heavy atom. The van der Waals surface area contributed by atoms with Gasteiger partial charge in [0, 0.05) is 25.8 Å². The average Bonchev–Trinajstić information content (AvgIpc) is 2.81. The number of nitrogen functional groups attached to an aromatic ring is 1. The lowest BCUT2D eigenvalue weighted by atomic mass is 10.2. The maximum absolute atomic E-state index is 13.6. The lowest BCUT2D eigenvalue weighted by molar-refractivity contribution is 0.194. The molecular formula is C12H14FN3O2. The van der Waals surface area contributed by atoms with Crippen LogP contribution in [0, 0.1) is 5.82 Å². The van der Waals surface area contributed by atoms with Gasteiger partial charge in [-0.3, -0.25) is 0 Å². The number of nitrogens with zero attached hydrogens (tertiary/aromatic N) is 2. The number of aromatic nitrogens is 2. The van der Waals surface area contributed by atoms with Gasteiger partial charge in [0.25, 0.3) is 5.89 Å². The first kappa shape index (κ1) is 12.5. The summed E-state index contributed by atoms with van der Waals surface area (Å²) in [5.74, 6) is 0.243. The lowest BCUT2D eigenvalue weighted by Gasteiger charge is -1.98. The van der Waals surface area contributed by atoms with Crippen molar-refractivity contribution < 1.29 is 13.7 Å². The van der Waals surface area contributed by atoms with E-state index in [1.807, 2.05) is 0 Å². The van der Waals surface area contributed by atoms with Crippen LogP contribution in [0.3, 0.4) is 0 Å². The van der Waals surface area contributed by atoms with Crippen LogP contribution in [-0.4, -0.2) is 23.9 Å². The van der Waals surface area contributed by atoms with Crippen LogP contribution >= 0.6 is 0 Å². The van der Waals surface area contributed by atoms with Crippen molar-refractivity contribution in [2.24, 2.45) is 0 Å². The highest BCUT2D eigenvalue weighted by Gasteiger charge is 2.13. The fourth-order valence-electron chi connectivity index (χ4n) is 1.55. The molecule has 1 heterocycles. The van der Waals surface area contributed by atoms with E-state index in [2.05, 4.69) is 10.1 Å². The zero-order valence-electron chi connectivity index (χ0n) is 10.0. The van der Waals surface area contributed by atoms with Crippen LogP contribution in [0.1, 0.15) is 12.2 Å². The number of hydrogen-bond acceptors (Lipinski definition) is 5. The molecule has 6 heteroatoms. The molecule has 5 nitrogen and oxygen atoms in total. The van der Waals surface area contributed by atoms with Crippen LogP contribution in [0.15, 0.2) is 22.7 Å². The maximum Gasteiger partial charge on any atom is 0.260 e. The summed E-state index contributed by atoms with van der Waals surface area (Å²) < 4.78 is 23.5. The molecule has 0 saturated heterocycles. The van der Waals surface area contributed by atoms with Crippen LogP contribution in [-0.2, 0) is 11.2 Å². The smallest absolute Gasteiger partial charge is 0.260 e. The van der Waals surface area contributed by atoms with Crippen molar-refractivity contribution in [3.8, 4) is 11.5 Å². The summed E-state index contributed by atoms with van der Waals surface area (Å²) in [6.45, 7) is 0.622. The molecule has 2 aromatic rings. The van der Waals surface area contributed by atoms with Gasteiger partial charge in [-0.15, -0.1) is 0 Å². The van der Waals surface area contributed by atoms with Gasteiger partial charge in [-0.2, -0.15) is 4.98 Å². The molecule has 0 spiro atoms. The van der Waals surface area contributed by atoms with Crippen molar-refractivity contribution in [2.45, 2.75) is 12.8 Å². The average molecular weight is 251 g/mol. The van der Waals surface area contributed by atoms with Gasteiger partial charge >= 0.3 is 0 Å². The number of hydrogen-bond donors (Lipinski definition) is 1. The van der Waals surface area contributed by atoms with Crippen molar-refractivity contribution in [1.82, 2.24) is 10.1 Å². The molecule has 1 aromatic heterocycles. The molecule has 0 radical (unpaired) electrons. The third-order valence-corrected chi connectivity index (χ3v) is 2.44. The Bertz CT molecular complexity index is 528. The predicted octanol–water partition coefficient (Wildman–Crippen LogP) is 2.04. The lowest BCUT2D eigenvalue weighted by Crippen LogP contribution is -1.94. The highest BCUT2D eigenvalue weighted by atomic mass is 19.1. The Balaban J connectivity index is 2.16. The number of benzene rings is 1. The van der Waals surface area contributed by atoms with E-state index in [0.29, 0.717) is 24.5 Å². The molecular weight excluding hydrogens is 237 g/mol. The topological polar surface area (TPSA) is 74.2 Å². The van der Waals surface area contributed by atoms with Crippen LogP contribution < -0.4 is 5.73 Å². The van der Waals surface area contributed by atoms with E-state index in [1.165, 1.54) is 18.2 Å². The number of methoxy groups -OCH3 is 1. The Morgan fingerprint density at radius 3 is 3.06 bits per heavy atom. The fourth-order valence-corrected chi connectivity index (χ4v) is 1.55. The first-order chi connectivity index (χ1) is 8.70. The van der Waals surface area contributed by atoms with E-state index in [0.717, 1.165) is 6.42 Å². The summed E-state index contributed by atoms with van der Waals surface area (Å²) in [5, 5.41) is 3.79. The zero-order chi connectivity index (χ0) is 13.0. The molecule has 0 aliphatic carbocycles. The third kappa shape index (κ3) is 2.84. The molecule has 2 rings (SSSR count). The predicted molar refractivity (Wildman–Crippen MR) is 64.3 cm³/mol. The standard InChI is InChI=1S/C12H14FN3O2/c1-17-6-2-3-11-15-12(18-16-11)9-7-8(14)4-5-10(9)13/h4-5,7H,2-3,6,14H2,1H3. The van der Waals surface area contributed by atoms with Crippen molar-refractivity contribution >= 4 is 5.69 Å². The highest BCUT2D eigenvalue weighted by Crippen LogP contribution is 2.23. The molecule has 18 heavy (non-hydrogen) atoms. The van der Waals surface area contributed by atoms with Gasteiger partial charge in [-0.25, -0.2) is 4.39 Å². The summed E-state index contributed by atoms with van der Waals surface area (Å²) in [6.07, 6.45) is 1.41. The Hall–Kier alpha value is -1.95. The van der Waals surface area contributed by atoms with Crippen LogP contribution in [0.5, 0.6) is 0 Å². The first-order valence-corrected chi connectivity index (χ1v) is 5.57. The number of ether oxygens (including phenoxy) is 1. The van der Waals surface area contributed by atoms with Crippen molar-refractivity contribution in [3.63, 3.8) is 0 Å². The van der Waals surface area contributed by atoms with E-state index < -0.39 is 5.82 Å². The highest BCUT2D eigenvalue weighted by molar-refractivity contribution is 5.60. The zero-order valence-corrected chi connectivity index (χ0v) is 10.0. The first-order valence-electron chi connectivity index (χ1n) is 5.57. The van der Waals surface area contributed by atoms with E-state index in [4.69, 9.17) is 15.0 Å². The summed E-state index contributed by atoms with van der Waals surface area (Å²) in [7, 11) is 1.63. The molecule has 1 aromatic carbocycles. The summed E-state index contributed by atoms with van der Waals surface area (Å²) in [5.41, 5.74) is 6.27. The summed E-state index contributed by atoms with van der Waals surface area (Å²) in [6, 6.07) is 4.23. The Labute approximate surface area is 104 Å². The Kier molecular flexibility index (Phi) is 3.88. The van der Waals surface area contributed by atoms with Gasteiger partial charge in [-0.1, -0.05) is 5.16 Å². The minimum atomic E-state index is -0.434. The van der Waals surface area contributed by atoms with Gasteiger partial charge < -0.3 is 15.0 Å². The number of aryl methyl sites for hydroxylation is 1. The molecule has 0 saturated carbocycles. The number of anilines is 1. The number of nitrogens with two attached hydrogens (primary N) is 1. The van der Waals surface area contributed by atoms with E-state index in [-0.39, 0.29) is 11.5 Å². The minimum absolute atomic E-state index is 0.146. The second-order valence-corrected chi connectivity index (χ2v) is 3.85. The minimum Gasteiger partial charge on any atom is -0.399 e. The van der Waals surface area contributed by atoms with Crippen molar-refractivity contribution in [3.05, 3.63) is 29.8 Å². The van der Waals surface area contributed by atoms with Crippen molar-refractivity contribution in [2.75, 3.05) is 19.5 Å². The normalized spacial score (nSPS) is 10.8.